The fourth-order valence-electron chi connectivity index (χ4n) is 1.86. The minimum atomic E-state index is -0.934. The summed E-state index contributed by atoms with van der Waals surface area (Å²) < 4.78 is 0. The highest BCUT2D eigenvalue weighted by atomic mass is 35.5. The number of halogens is 1. The van der Waals surface area contributed by atoms with E-state index >= 15 is 0 Å². The average molecular weight is 359 g/mol. The number of para-hydroxylation sites is 1. The summed E-state index contributed by atoms with van der Waals surface area (Å²) in [4.78, 5) is 24.0. The maximum Gasteiger partial charge on any atom is 0.320 e. The van der Waals surface area contributed by atoms with E-state index in [0.29, 0.717) is 6.42 Å². The third-order valence-corrected chi connectivity index (χ3v) is 3.97. The Morgan fingerprint density at radius 3 is 2.70 bits per heavy atom. The number of carboxylic acid groups (broad SMARTS) is 1. The maximum atomic E-state index is 12.0. The molecular formula is C16H23ClN2O3S. The number of amides is 1. The molecule has 0 saturated heterocycles. The van der Waals surface area contributed by atoms with Crippen LogP contribution in [0.5, 0.6) is 0 Å². The molecule has 0 bridgehead atoms. The highest BCUT2D eigenvalue weighted by molar-refractivity contribution is 7.99. The molecule has 0 aliphatic heterocycles. The zero-order valence-electron chi connectivity index (χ0n) is 13.1. The molecule has 1 atom stereocenters. The Bertz CT molecular complexity index is 526. The van der Waals surface area contributed by atoms with E-state index in [-0.39, 0.29) is 24.9 Å². The van der Waals surface area contributed by atoms with Gasteiger partial charge in [0.05, 0.1) is 12.2 Å². The number of anilines is 1. The van der Waals surface area contributed by atoms with E-state index in [4.69, 9.17) is 5.11 Å². The van der Waals surface area contributed by atoms with Crippen LogP contribution in [0.1, 0.15) is 19.8 Å². The Hall–Kier alpha value is -1.50. The van der Waals surface area contributed by atoms with Gasteiger partial charge in [-0.25, -0.2) is 0 Å². The first kappa shape index (κ1) is 21.5. The molecule has 5 nitrogen and oxygen atoms in total. The van der Waals surface area contributed by atoms with Gasteiger partial charge >= 0.3 is 5.97 Å². The van der Waals surface area contributed by atoms with E-state index in [1.54, 1.807) is 17.8 Å². The van der Waals surface area contributed by atoms with Gasteiger partial charge in [0.2, 0.25) is 5.91 Å². The van der Waals surface area contributed by atoms with Crippen LogP contribution in [0.3, 0.4) is 0 Å². The number of carboxylic acids is 1. The molecule has 0 radical (unpaired) electrons. The third kappa shape index (κ3) is 8.06. The normalized spacial score (nSPS) is 11.2. The summed E-state index contributed by atoms with van der Waals surface area (Å²) in [7, 11) is 0. The summed E-state index contributed by atoms with van der Waals surface area (Å²) in [5, 5.41) is 14.6. The minimum Gasteiger partial charge on any atom is -0.480 e. The van der Waals surface area contributed by atoms with Crippen molar-refractivity contribution in [2.45, 2.75) is 30.7 Å². The van der Waals surface area contributed by atoms with Crippen LogP contribution in [0.2, 0.25) is 0 Å². The first-order chi connectivity index (χ1) is 10.6. The van der Waals surface area contributed by atoms with Gasteiger partial charge < -0.3 is 10.4 Å². The number of benzene rings is 1. The van der Waals surface area contributed by atoms with Crippen molar-refractivity contribution in [3.05, 3.63) is 36.9 Å². The Morgan fingerprint density at radius 1 is 1.39 bits per heavy atom. The van der Waals surface area contributed by atoms with Crippen molar-refractivity contribution in [2.24, 2.45) is 0 Å². The van der Waals surface area contributed by atoms with Crippen LogP contribution in [-0.4, -0.2) is 35.3 Å². The van der Waals surface area contributed by atoms with E-state index < -0.39 is 12.0 Å². The van der Waals surface area contributed by atoms with Gasteiger partial charge in [0.1, 0.15) is 6.04 Å². The summed E-state index contributed by atoms with van der Waals surface area (Å²) in [6.45, 7) is 5.55. The zero-order valence-corrected chi connectivity index (χ0v) is 14.7. The van der Waals surface area contributed by atoms with Crippen LogP contribution in [0, 0.1) is 0 Å². The first-order valence-electron chi connectivity index (χ1n) is 7.17. The van der Waals surface area contributed by atoms with Gasteiger partial charge in [-0.05, 0) is 18.6 Å². The molecule has 7 heteroatoms. The molecule has 0 aromatic heterocycles. The molecular weight excluding hydrogens is 336 g/mol. The van der Waals surface area contributed by atoms with Crippen LogP contribution in [0.25, 0.3) is 0 Å². The zero-order chi connectivity index (χ0) is 16.4. The quantitative estimate of drug-likeness (QED) is 0.442. The monoisotopic (exact) mass is 358 g/mol. The Morgan fingerprint density at radius 2 is 2.09 bits per heavy atom. The molecule has 1 aromatic carbocycles. The van der Waals surface area contributed by atoms with Crippen molar-refractivity contribution in [2.75, 3.05) is 17.6 Å². The van der Waals surface area contributed by atoms with Crippen LogP contribution in [0.15, 0.2) is 41.8 Å². The highest BCUT2D eigenvalue weighted by Gasteiger charge is 2.17. The van der Waals surface area contributed by atoms with E-state index in [9.17, 15) is 9.59 Å². The van der Waals surface area contributed by atoms with E-state index in [0.717, 1.165) is 22.8 Å². The smallest absolute Gasteiger partial charge is 0.320 e. The second-order valence-electron chi connectivity index (χ2n) is 4.70. The third-order valence-electron chi connectivity index (χ3n) is 2.90. The predicted octanol–water partition coefficient (Wildman–Crippen LogP) is 3.17. The summed E-state index contributed by atoms with van der Waals surface area (Å²) in [5.41, 5.74) is 0.725. The molecule has 0 aliphatic carbocycles. The summed E-state index contributed by atoms with van der Waals surface area (Å²) in [5.74, 6) is -0.437. The Balaban J connectivity index is 0.00000484. The number of hydrogen-bond acceptors (Lipinski definition) is 4. The highest BCUT2D eigenvalue weighted by Crippen LogP contribution is 2.26. The molecule has 1 aromatic rings. The largest absolute Gasteiger partial charge is 0.480 e. The predicted molar refractivity (Wildman–Crippen MR) is 97.6 cm³/mol. The number of hydrogen-bond donors (Lipinski definition) is 3. The molecule has 0 saturated carbocycles. The molecule has 0 spiro atoms. The van der Waals surface area contributed by atoms with Crippen molar-refractivity contribution in [1.29, 1.82) is 0 Å². The van der Waals surface area contributed by atoms with Gasteiger partial charge in [-0.2, -0.15) is 0 Å². The molecule has 128 valence electrons. The minimum absolute atomic E-state index is 0. The molecule has 1 unspecified atom stereocenters. The molecule has 0 fully saturated rings. The van der Waals surface area contributed by atoms with Crippen molar-refractivity contribution in [1.82, 2.24) is 5.32 Å². The van der Waals surface area contributed by atoms with E-state index in [1.165, 1.54) is 0 Å². The van der Waals surface area contributed by atoms with Gasteiger partial charge in [-0.15, -0.1) is 30.7 Å². The Labute approximate surface area is 147 Å². The number of thioether (sulfide) groups is 1. The maximum absolute atomic E-state index is 12.0. The van der Waals surface area contributed by atoms with E-state index in [2.05, 4.69) is 17.2 Å². The van der Waals surface area contributed by atoms with Crippen molar-refractivity contribution in [3.63, 3.8) is 0 Å². The lowest BCUT2D eigenvalue weighted by molar-refractivity contribution is -0.139. The molecule has 3 N–H and O–H groups in total. The summed E-state index contributed by atoms with van der Waals surface area (Å²) in [6, 6.07) is 6.80. The summed E-state index contributed by atoms with van der Waals surface area (Å²) in [6.07, 6.45) is 3.04. The standard InChI is InChI=1S/C16H22N2O3S.ClH/c1-3-7-13(16(20)21)17-11-15(19)18-12-8-5-6-9-14(12)22-10-4-2;/h4-6,8-9,13,17H,2-3,7,10-11H2,1H3,(H,18,19)(H,20,21);1H. The molecule has 0 aliphatic rings. The number of aliphatic carboxylic acids is 1. The van der Waals surface area contributed by atoms with Gasteiger partial charge in [0.15, 0.2) is 0 Å². The molecule has 1 amide bonds. The van der Waals surface area contributed by atoms with Crippen molar-refractivity contribution in [3.8, 4) is 0 Å². The topological polar surface area (TPSA) is 78.4 Å². The fourth-order valence-corrected chi connectivity index (χ4v) is 2.60. The van der Waals surface area contributed by atoms with Gasteiger partial charge in [0.25, 0.3) is 0 Å². The van der Waals surface area contributed by atoms with Crippen molar-refractivity contribution < 1.29 is 14.7 Å². The van der Waals surface area contributed by atoms with Gasteiger partial charge in [-0.3, -0.25) is 14.9 Å². The Kier molecular flexibility index (Phi) is 11.2. The van der Waals surface area contributed by atoms with Crippen LogP contribution < -0.4 is 10.6 Å². The first-order valence-corrected chi connectivity index (χ1v) is 8.15. The van der Waals surface area contributed by atoms with Crippen molar-refractivity contribution >= 4 is 41.7 Å². The summed E-state index contributed by atoms with van der Waals surface area (Å²) >= 11 is 1.58. The SMILES string of the molecule is C=CCSc1ccccc1NC(=O)CNC(CCC)C(=O)O.Cl. The van der Waals surface area contributed by atoms with Gasteiger partial charge in [-0.1, -0.05) is 31.6 Å². The number of nitrogens with one attached hydrogen (secondary N) is 2. The lowest BCUT2D eigenvalue weighted by Gasteiger charge is -2.14. The molecule has 1 rings (SSSR count). The lowest BCUT2D eigenvalue weighted by Crippen LogP contribution is -2.41. The van der Waals surface area contributed by atoms with Crippen LogP contribution in [-0.2, 0) is 9.59 Å². The van der Waals surface area contributed by atoms with Crippen LogP contribution >= 0.6 is 24.2 Å². The lowest BCUT2D eigenvalue weighted by atomic mass is 10.2. The second-order valence-corrected chi connectivity index (χ2v) is 5.77. The van der Waals surface area contributed by atoms with Gasteiger partial charge in [0, 0.05) is 10.6 Å². The number of rotatable bonds is 10. The molecule has 0 heterocycles. The number of carbonyl (C=O) groups excluding carboxylic acids is 1. The van der Waals surface area contributed by atoms with Crippen LogP contribution in [0.4, 0.5) is 5.69 Å². The van der Waals surface area contributed by atoms with E-state index in [1.807, 2.05) is 31.2 Å². The second kappa shape index (κ2) is 12.0. The average Bonchev–Trinajstić information content (AvgIpc) is 2.50. The fraction of sp³-hybridized carbons (Fsp3) is 0.375. The molecule has 23 heavy (non-hydrogen) atoms. The number of carbonyl (C=O) groups is 2.